The summed E-state index contributed by atoms with van der Waals surface area (Å²) in [5.74, 6) is -0.627. The molecule has 0 spiro atoms. The molecule has 0 radical (unpaired) electrons. The summed E-state index contributed by atoms with van der Waals surface area (Å²) in [6.07, 6.45) is 0.972. The number of carbonyl (C=O) groups is 1. The number of rotatable bonds is 2. The normalized spacial score (nSPS) is 15.0. The van der Waals surface area contributed by atoms with Crippen LogP contribution in [0.25, 0.3) is 0 Å². The lowest BCUT2D eigenvalue weighted by Crippen LogP contribution is -2.13. The lowest BCUT2D eigenvalue weighted by atomic mass is 10.3. The number of aliphatic imine (C=N–C) groups is 1. The van der Waals surface area contributed by atoms with Crippen LogP contribution in [0.4, 0.5) is 5.95 Å². The molecule has 1 amide bonds. The highest BCUT2D eigenvalue weighted by Crippen LogP contribution is 2.16. The summed E-state index contributed by atoms with van der Waals surface area (Å²) in [5, 5.41) is 0. The third-order valence-electron chi connectivity index (χ3n) is 1.66. The van der Waals surface area contributed by atoms with Crippen molar-refractivity contribution in [1.29, 1.82) is 0 Å². The van der Waals surface area contributed by atoms with Crippen molar-refractivity contribution in [3.05, 3.63) is 11.4 Å². The molecule has 0 saturated heterocycles. The molecule has 9 heteroatoms. The maximum Gasteiger partial charge on any atom is 0.297 e. The highest BCUT2D eigenvalue weighted by Gasteiger charge is 2.26. The Kier molecular flexibility index (Phi) is 1.80. The van der Waals surface area contributed by atoms with E-state index < -0.39 is 15.9 Å². The van der Waals surface area contributed by atoms with Crippen molar-refractivity contribution in [3.63, 3.8) is 0 Å². The highest BCUT2D eigenvalue weighted by molar-refractivity contribution is 7.91. The van der Waals surface area contributed by atoms with E-state index in [-0.39, 0.29) is 23.2 Å². The number of fused-ring (bicyclic) bond motifs is 1. The van der Waals surface area contributed by atoms with Crippen LogP contribution in [0.5, 0.6) is 0 Å². The molecule has 0 bridgehead atoms. The van der Waals surface area contributed by atoms with Gasteiger partial charge >= 0.3 is 0 Å². The monoisotopic (exact) mass is 229 g/mol. The van der Waals surface area contributed by atoms with E-state index >= 15 is 0 Å². The quantitative estimate of drug-likeness (QED) is 0.576. The van der Waals surface area contributed by atoms with Crippen LogP contribution in [0.2, 0.25) is 0 Å². The van der Waals surface area contributed by atoms with E-state index in [1.54, 1.807) is 0 Å². The van der Waals surface area contributed by atoms with Gasteiger partial charge in [0.2, 0.25) is 16.0 Å². The van der Waals surface area contributed by atoms with Crippen molar-refractivity contribution in [3.8, 4) is 0 Å². The van der Waals surface area contributed by atoms with E-state index in [4.69, 9.17) is 5.73 Å². The summed E-state index contributed by atoms with van der Waals surface area (Å²) in [4.78, 5) is 20.8. The van der Waals surface area contributed by atoms with Gasteiger partial charge in [0, 0.05) is 0 Å². The number of carbonyl (C=O) groups excluding carboxylic acids is 1. The highest BCUT2D eigenvalue weighted by atomic mass is 32.2. The van der Waals surface area contributed by atoms with Crippen LogP contribution in [-0.2, 0) is 10.0 Å². The molecular weight excluding hydrogens is 222 g/mol. The molecule has 0 aromatic carbocycles. The molecule has 1 aromatic heterocycles. The Hall–Kier alpha value is -1.90. The van der Waals surface area contributed by atoms with Crippen molar-refractivity contribution < 1.29 is 13.2 Å². The summed E-state index contributed by atoms with van der Waals surface area (Å²) in [5.41, 5.74) is 5.65. The van der Waals surface area contributed by atoms with Gasteiger partial charge in [-0.1, -0.05) is 0 Å². The van der Waals surface area contributed by atoms with Gasteiger partial charge in [0.1, 0.15) is 11.4 Å². The topological polar surface area (TPSA) is 130 Å². The SMILES string of the molecule is CS(=O)(=O)Nc1nc2c([nH]1)C(=O)N=C2N. The molecule has 0 aliphatic carbocycles. The minimum absolute atomic E-state index is 0.0206. The van der Waals surface area contributed by atoms with Crippen molar-refractivity contribution in [2.75, 3.05) is 11.0 Å². The lowest BCUT2D eigenvalue weighted by molar-refractivity contribution is 0.100. The molecule has 2 rings (SSSR count). The van der Waals surface area contributed by atoms with Crippen LogP contribution in [-0.4, -0.2) is 36.4 Å². The van der Waals surface area contributed by atoms with Crippen molar-refractivity contribution >= 4 is 27.7 Å². The molecule has 2 heterocycles. The summed E-state index contributed by atoms with van der Waals surface area (Å²) in [6.45, 7) is 0. The summed E-state index contributed by atoms with van der Waals surface area (Å²) >= 11 is 0. The van der Waals surface area contributed by atoms with Crippen LogP contribution in [0.15, 0.2) is 4.99 Å². The molecule has 1 aliphatic heterocycles. The number of nitrogens with zero attached hydrogens (tertiary/aromatic N) is 2. The van der Waals surface area contributed by atoms with Crippen molar-refractivity contribution in [2.45, 2.75) is 0 Å². The Labute approximate surface area is 84.7 Å². The fourth-order valence-corrected chi connectivity index (χ4v) is 1.60. The van der Waals surface area contributed by atoms with Crippen LogP contribution < -0.4 is 10.5 Å². The second kappa shape index (κ2) is 2.79. The van der Waals surface area contributed by atoms with E-state index in [9.17, 15) is 13.2 Å². The predicted octanol–water partition coefficient (Wildman–Crippen LogP) is -1.36. The number of nitrogens with one attached hydrogen (secondary N) is 2. The minimum atomic E-state index is -3.44. The molecule has 0 fully saturated rings. The van der Waals surface area contributed by atoms with Crippen LogP contribution in [0.1, 0.15) is 16.2 Å². The lowest BCUT2D eigenvalue weighted by Gasteiger charge is -1.97. The first-order chi connectivity index (χ1) is 6.87. The third-order valence-corrected chi connectivity index (χ3v) is 2.23. The number of amidine groups is 1. The largest absolute Gasteiger partial charge is 0.382 e. The molecule has 8 nitrogen and oxygen atoms in total. The van der Waals surface area contributed by atoms with Gasteiger partial charge in [-0.3, -0.25) is 9.52 Å². The van der Waals surface area contributed by atoms with E-state index in [1.807, 2.05) is 0 Å². The summed E-state index contributed by atoms with van der Waals surface area (Å²) < 4.78 is 23.8. The predicted molar refractivity (Wildman–Crippen MR) is 52.1 cm³/mol. The number of amides is 1. The number of H-pyrrole nitrogens is 1. The van der Waals surface area contributed by atoms with E-state index in [0.29, 0.717) is 0 Å². The Balaban J connectivity index is 2.42. The zero-order chi connectivity index (χ0) is 11.2. The maximum absolute atomic E-state index is 11.1. The first-order valence-electron chi connectivity index (χ1n) is 3.83. The smallest absolute Gasteiger partial charge is 0.297 e. The standard InChI is InChI=1S/C6H7N5O3S/c1-15(13,14)11-6-8-2-3(9-6)5(12)10-4(2)7/h1H3,(H2,7,10,12)(H2,8,9,11). The molecule has 4 N–H and O–H groups in total. The van der Waals surface area contributed by atoms with Gasteiger partial charge in [-0.25, -0.2) is 13.4 Å². The number of hydrogen-bond donors (Lipinski definition) is 3. The number of sulfonamides is 1. The molecule has 0 atom stereocenters. The summed E-state index contributed by atoms with van der Waals surface area (Å²) in [6, 6.07) is 0. The van der Waals surface area contributed by atoms with Gasteiger partial charge in [-0.15, -0.1) is 0 Å². The zero-order valence-corrected chi connectivity index (χ0v) is 8.42. The zero-order valence-electron chi connectivity index (χ0n) is 7.60. The number of aromatic amines is 1. The first-order valence-corrected chi connectivity index (χ1v) is 5.72. The summed E-state index contributed by atoms with van der Waals surface area (Å²) in [7, 11) is -3.44. The Bertz CT molecular complexity index is 570. The average molecular weight is 229 g/mol. The third kappa shape index (κ3) is 1.68. The van der Waals surface area contributed by atoms with Crippen LogP contribution in [0, 0.1) is 0 Å². The number of aromatic nitrogens is 2. The number of nitrogens with two attached hydrogens (primary N) is 1. The van der Waals surface area contributed by atoms with Gasteiger partial charge in [-0.2, -0.15) is 4.99 Å². The fourth-order valence-electron chi connectivity index (χ4n) is 1.16. The number of imidazole rings is 1. The molecule has 1 aliphatic rings. The fraction of sp³-hybridized carbons (Fsp3) is 0.167. The average Bonchev–Trinajstić information content (AvgIpc) is 2.53. The molecule has 0 unspecified atom stereocenters. The molecular formula is C6H7N5O3S. The van der Waals surface area contributed by atoms with Gasteiger partial charge < -0.3 is 10.7 Å². The molecule has 0 saturated carbocycles. The number of anilines is 1. The molecule has 1 aromatic rings. The Morgan fingerprint density at radius 1 is 1.47 bits per heavy atom. The Morgan fingerprint density at radius 2 is 2.13 bits per heavy atom. The molecule has 80 valence electrons. The second-order valence-electron chi connectivity index (χ2n) is 2.99. The minimum Gasteiger partial charge on any atom is -0.382 e. The second-order valence-corrected chi connectivity index (χ2v) is 4.73. The van der Waals surface area contributed by atoms with E-state index in [0.717, 1.165) is 6.26 Å². The number of hydrogen-bond acceptors (Lipinski definition) is 5. The van der Waals surface area contributed by atoms with Gasteiger partial charge in [0.15, 0.2) is 5.84 Å². The van der Waals surface area contributed by atoms with Crippen molar-refractivity contribution in [1.82, 2.24) is 9.97 Å². The maximum atomic E-state index is 11.1. The Morgan fingerprint density at radius 3 is 2.67 bits per heavy atom. The first kappa shape index (κ1) is 9.65. The van der Waals surface area contributed by atoms with E-state index in [2.05, 4.69) is 19.7 Å². The van der Waals surface area contributed by atoms with Gasteiger partial charge in [0.25, 0.3) is 5.91 Å². The van der Waals surface area contributed by atoms with Gasteiger partial charge in [0.05, 0.1) is 6.26 Å². The van der Waals surface area contributed by atoms with Crippen LogP contribution >= 0.6 is 0 Å². The van der Waals surface area contributed by atoms with Crippen molar-refractivity contribution in [2.24, 2.45) is 10.7 Å². The van der Waals surface area contributed by atoms with Gasteiger partial charge in [-0.05, 0) is 0 Å². The molecule has 15 heavy (non-hydrogen) atoms. The van der Waals surface area contributed by atoms with E-state index in [1.165, 1.54) is 0 Å². The van der Waals surface area contributed by atoms with Crippen LogP contribution in [0.3, 0.4) is 0 Å².